The molecule has 2 atom stereocenters. The Hall–Kier alpha value is -1.88. The average molecular weight is 298 g/mol. The number of likely N-dealkylation sites (tertiary alicyclic amines) is 1. The third-order valence-corrected chi connectivity index (χ3v) is 5.18. The molecule has 1 amide bonds. The first kappa shape index (κ1) is 13.8. The zero-order chi connectivity index (χ0) is 15.3. The van der Waals surface area contributed by atoms with Gasteiger partial charge in [0, 0.05) is 31.1 Å². The molecule has 0 aliphatic carbocycles. The molecular formula is C17H22N4O. The van der Waals surface area contributed by atoms with E-state index in [0.717, 1.165) is 43.3 Å². The van der Waals surface area contributed by atoms with Crippen LogP contribution >= 0.6 is 0 Å². The maximum atomic E-state index is 13.2. The number of nitrogens with zero attached hydrogens (tertiary/aromatic N) is 4. The molecule has 0 saturated carbocycles. The number of aromatic nitrogens is 2. The number of aryl methyl sites for hydroxylation is 1. The molecule has 4 rings (SSSR count). The zero-order valence-electron chi connectivity index (χ0n) is 13.2. The summed E-state index contributed by atoms with van der Waals surface area (Å²) in [6.45, 7) is 2.06. The summed E-state index contributed by atoms with van der Waals surface area (Å²) in [6, 6.07) is 8.70. The third-order valence-electron chi connectivity index (χ3n) is 5.18. The predicted molar refractivity (Wildman–Crippen MR) is 85.8 cm³/mol. The van der Waals surface area contributed by atoms with Crippen LogP contribution in [-0.4, -0.2) is 57.7 Å². The molecule has 2 aromatic rings. The van der Waals surface area contributed by atoms with Crippen LogP contribution in [0.5, 0.6) is 0 Å². The minimum absolute atomic E-state index is 0.111. The van der Waals surface area contributed by atoms with Crippen molar-refractivity contribution in [1.29, 1.82) is 0 Å². The number of amides is 1. The molecule has 0 spiro atoms. The Morgan fingerprint density at radius 3 is 2.77 bits per heavy atom. The molecular weight excluding hydrogens is 276 g/mol. The van der Waals surface area contributed by atoms with Crippen LogP contribution in [-0.2, 0) is 7.05 Å². The van der Waals surface area contributed by atoms with Gasteiger partial charge in [0.2, 0.25) is 0 Å². The van der Waals surface area contributed by atoms with E-state index in [4.69, 9.17) is 0 Å². The van der Waals surface area contributed by atoms with Crippen LogP contribution < -0.4 is 0 Å². The van der Waals surface area contributed by atoms with Gasteiger partial charge in [0.1, 0.15) is 0 Å². The summed E-state index contributed by atoms with van der Waals surface area (Å²) in [5.74, 6) is 0.111. The van der Waals surface area contributed by atoms with E-state index in [-0.39, 0.29) is 5.91 Å². The van der Waals surface area contributed by atoms with Gasteiger partial charge in [0.15, 0.2) is 5.69 Å². The fourth-order valence-corrected chi connectivity index (χ4v) is 4.07. The lowest BCUT2D eigenvalue weighted by atomic mass is 10.1. The van der Waals surface area contributed by atoms with Crippen LogP contribution in [0.15, 0.2) is 24.3 Å². The van der Waals surface area contributed by atoms with Crippen molar-refractivity contribution < 1.29 is 4.79 Å². The molecule has 2 aliphatic heterocycles. The smallest absolute Gasteiger partial charge is 0.275 e. The number of likely N-dealkylation sites (N-methyl/N-ethyl adjacent to an activating group) is 1. The molecule has 5 heteroatoms. The largest absolute Gasteiger partial charge is 0.330 e. The third kappa shape index (κ3) is 2.03. The van der Waals surface area contributed by atoms with E-state index in [1.54, 1.807) is 0 Å². The number of hydrogen-bond donors (Lipinski definition) is 0. The maximum Gasteiger partial charge on any atom is 0.275 e. The summed E-state index contributed by atoms with van der Waals surface area (Å²) >= 11 is 0. The van der Waals surface area contributed by atoms with E-state index >= 15 is 0 Å². The molecule has 0 unspecified atom stereocenters. The molecule has 2 aliphatic rings. The van der Waals surface area contributed by atoms with E-state index < -0.39 is 0 Å². The van der Waals surface area contributed by atoms with Gasteiger partial charge in [-0.25, -0.2) is 0 Å². The lowest BCUT2D eigenvalue weighted by molar-refractivity contribution is 0.0668. The van der Waals surface area contributed by atoms with Crippen molar-refractivity contribution in [1.82, 2.24) is 19.6 Å². The van der Waals surface area contributed by atoms with Gasteiger partial charge in [0.25, 0.3) is 5.91 Å². The fraction of sp³-hybridized carbons (Fsp3) is 0.529. The first-order chi connectivity index (χ1) is 10.6. The number of carbonyl (C=O) groups is 1. The minimum atomic E-state index is 0.111. The number of hydrogen-bond acceptors (Lipinski definition) is 3. The number of benzene rings is 1. The predicted octanol–water partition coefficient (Wildman–Crippen LogP) is 1.88. The second-order valence-electron chi connectivity index (χ2n) is 6.64. The molecule has 3 heterocycles. The summed E-state index contributed by atoms with van der Waals surface area (Å²) in [4.78, 5) is 17.7. The molecule has 0 radical (unpaired) electrons. The van der Waals surface area contributed by atoms with Gasteiger partial charge in [-0.2, -0.15) is 5.10 Å². The highest BCUT2D eigenvalue weighted by atomic mass is 16.2. The molecule has 22 heavy (non-hydrogen) atoms. The summed E-state index contributed by atoms with van der Waals surface area (Å²) in [7, 11) is 4.06. The monoisotopic (exact) mass is 298 g/mol. The minimum Gasteiger partial charge on any atom is -0.330 e. The molecule has 1 aromatic carbocycles. The normalized spacial score (nSPS) is 25.6. The van der Waals surface area contributed by atoms with Gasteiger partial charge >= 0.3 is 0 Å². The van der Waals surface area contributed by atoms with Gasteiger partial charge < -0.3 is 9.80 Å². The van der Waals surface area contributed by atoms with Crippen molar-refractivity contribution in [2.24, 2.45) is 7.05 Å². The summed E-state index contributed by atoms with van der Waals surface area (Å²) in [5.41, 5.74) is 1.63. The van der Waals surface area contributed by atoms with Crippen LogP contribution in [0.3, 0.4) is 0 Å². The van der Waals surface area contributed by atoms with Crippen LogP contribution in [0, 0.1) is 0 Å². The van der Waals surface area contributed by atoms with E-state index in [0.29, 0.717) is 17.8 Å². The highest BCUT2D eigenvalue weighted by Crippen LogP contribution is 2.32. The van der Waals surface area contributed by atoms with Crippen LogP contribution in [0.2, 0.25) is 0 Å². The second-order valence-corrected chi connectivity index (χ2v) is 6.64. The van der Waals surface area contributed by atoms with Crippen LogP contribution in [0.25, 0.3) is 10.9 Å². The van der Waals surface area contributed by atoms with Gasteiger partial charge in [0.05, 0.1) is 5.52 Å². The van der Waals surface area contributed by atoms with Gasteiger partial charge in [-0.15, -0.1) is 0 Å². The molecule has 2 saturated heterocycles. The highest BCUT2D eigenvalue weighted by molar-refractivity contribution is 6.05. The molecule has 1 aromatic heterocycles. The highest BCUT2D eigenvalue weighted by Gasteiger charge is 2.40. The number of carbonyl (C=O) groups excluding carboxylic acids is 1. The standard InChI is InChI=1S/C17H22N4O/c1-19-10-9-12-7-8-13(11-19)21(12)17(22)16-14-5-3-4-6-15(14)20(2)18-16/h3-6,12-13H,7-11H2,1-2H3/t12-,13+/m1/s1. The number of rotatable bonds is 1. The van der Waals surface area contributed by atoms with Crippen molar-refractivity contribution in [3.8, 4) is 0 Å². The van der Waals surface area contributed by atoms with Gasteiger partial charge in [-0.1, -0.05) is 18.2 Å². The lowest BCUT2D eigenvalue weighted by Crippen LogP contribution is -2.43. The Bertz CT molecular complexity index is 723. The average Bonchev–Trinajstić information content (AvgIpc) is 3.00. The Kier molecular flexibility index (Phi) is 3.18. The first-order valence-corrected chi connectivity index (χ1v) is 8.08. The Morgan fingerprint density at radius 2 is 1.91 bits per heavy atom. The number of para-hydroxylation sites is 1. The molecule has 2 bridgehead atoms. The van der Waals surface area contributed by atoms with E-state index in [1.165, 1.54) is 0 Å². The van der Waals surface area contributed by atoms with Crippen molar-refractivity contribution in [3.05, 3.63) is 30.0 Å². The molecule has 0 N–H and O–H groups in total. The summed E-state index contributed by atoms with van der Waals surface area (Å²) < 4.78 is 1.81. The Labute approximate surface area is 130 Å². The van der Waals surface area contributed by atoms with E-state index in [9.17, 15) is 4.79 Å². The van der Waals surface area contributed by atoms with Crippen LogP contribution in [0.4, 0.5) is 0 Å². The maximum absolute atomic E-state index is 13.2. The van der Waals surface area contributed by atoms with E-state index in [1.807, 2.05) is 36.0 Å². The summed E-state index contributed by atoms with van der Waals surface area (Å²) in [5, 5.41) is 5.49. The topological polar surface area (TPSA) is 41.4 Å². The number of fused-ring (bicyclic) bond motifs is 3. The van der Waals surface area contributed by atoms with Crippen molar-refractivity contribution in [2.75, 3.05) is 20.1 Å². The summed E-state index contributed by atoms with van der Waals surface area (Å²) in [6.07, 6.45) is 3.32. The molecule has 5 nitrogen and oxygen atoms in total. The Balaban J connectivity index is 1.74. The van der Waals surface area contributed by atoms with Gasteiger partial charge in [-0.05, 0) is 38.9 Å². The second kappa shape index (κ2) is 5.09. The zero-order valence-corrected chi connectivity index (χ0v) is 13.2. The fourth-order valence-electron chi connectivity index (χ4n) is 4.07. The van der Waals surface area contributed by atoms with Gasteiger partial charge in [-0.3, -0.25) is 9.48 Å². The van der Waals surface area contributed by atoms with Crippen molar-refractivity contribution >= 4 is 16.8 Å². The molecule has 116 valence electrons. The van der Waals surface area contributed by atoms with Crippen LogP contribution in [0.1, 0.15) is 29.8 Å². The molecule has 2 fully saturated rings. The Morgan fingerprint density at radius 1 is 1.14 bits per heavy atom. The SMILES string of the molecule is CN1CC[C@H]2CC[C@@H](C1)N2C(=O)c1nn(C)c2ccccc12. The van der Waals surface area contributed by atoms with E-state index in [2.05, 4.69) is 21.9 Å². The van der Waals surface area contributed by atoms with Crippen molar-refractivity contribution in [2.45, 2.75) is 31.3 Å². The van der Waals surface area contributed by atoms with Crippen molar-refractivity contribution in [3.63, 3.8) is 0 Å². The first-order valence-electron chi connectivity index (χ1n) is 8.08. The lowest BCUT2D eigenvalue weighted by Gasteiger charge is -2.27. The quantitative estimate of drug-likeness (QED) is 0.807.